The summed E-state index contributed by atoms with van der Waals surface area (Å²) in [4.78, 5) is 54.3. The van der Waals surface area contributed by atoms with Crippen molar-refractivity contribution in [2.24, 2.45) is 33.2 Å². The third-order valence-electron chi connectivity index (χ3n) is 16.7. The Morgan fingerprint density at radius 1 is 0.630 bits per heavy atom. The summed E-state index contributed by atoms with van der Waals surface area (Å²) in [5.74, 6) is 1.21. The molecule has 1 saturated heterocycles. The zero-order valence-corrected chi connectivity index (χ0v) is 56.8. The number of sulfonamides is 2. The van der Waals surface area contributed by atoms with Gasteiger partial charge in [-0.15, -0.1) is 10.2 Å². The topological polar surface area (TPSA) is 314 Å². The molecule has 1 aliphatic heterocycles. The van der Waals surface area contributed by atoms with Gasteiger partial charge in [-0.25, -0.2) is 52.2 Å². The van der Waals surface area contributed by atoms with Gasteiger partial charge in [-0.3, -0.25) is 4.79 Å². The van der Waals surface area contributed by atoms with Crippen LogP contribution in [0.15, 0.2) is 95.2 Å². The standard InChI is InChI=1S/C30H38ClN5O5S.C19H31N3O5S.C15H16ClN3O3/c1-29(2)13-11-21(20-29)6-5-18-40-24-7-4-8-26(33-24)42(38,39)35-28(37)22-9-10-23(32-27(22)31)36-17-12-25(34-36)41-19-16-30(3)14-15-30;1-18(2,3)27-17(23)22-13-14(12-19(22,4)5)8-7-11-26-15-9-6-10-16(21-15)28(20,24)25;1-15(5-6-15)7-9-22-12-4-8-19(18-12)11-3-2-10(14(20)21)13(16)17-11/h4,7-10,12,17,21H,5-6,11,13-16,18-20H2,1-3H3,(H,35,37);6,9-10,14H,7-8,11-13H2,1-5H3,(H2,20,24,25);2-4,8H,5-7,9H2,1H3,(H,20,21). The Balaban J connectivity index is 0.000000189. The molecule has 2 atom stereocenters. The maximum absolute atomic E-state index is 12.9. The lowest BCUT2D eigenvalue weighted by Gasteiger charge is -2.33. The molecular weight excluding hydrogens is 1270 g/mol. The van der Waals surface area contributed by atoms with E-state index in [9.17, 15) is 31.2 Å². The van der Waals surface area contributed by atoms with Gasteiger partial charge in [-0.05, 0) is 189 Å². The lowest BCUT2D eigenvalue weighted by atomic mass is 9.89. The van der Waals surface area contributed by atoms with Gasteiger partial charge in [0.15, 0.2) is 21.7 Å². The number of nitrogens with two attached hydrogens (primary N) is 1. The lowest BCUT2D eigenvalue weighted by Crippen LogP contribution is -2.45. The van der Waals surface area contributed by atoms with Crippen molar-refractivity contribution in [2.45, 2.75) is 173 Å². The molecule has 2 unspecified atom stereocenters. The van der Waals surface area contributed by atoms with Gasteiger partial charge in [0, 0.05) is 48.7 Å². The molecule has 6 aromatic heterocycles. The minimum absolute atomic E-state index is 0.0354. The monoisotopic (exact) mass is 1350 g/mol. The van der Waals surface area contributed by atoms with Crippen LogP contribution in [0.3, 0.4) is 0 Å². The first-order valence-electron chi connectivity index (χ1n) is 30.9. The number of carboxylic acid groups (broad SMARTS) is 1. The molecule has 6 aromatic rings. The number of hydrogen-bond acceptors (Lipinski definition) is 18. The van der Waals surface area contributed by atoms with Gasteiger partial charge in [0.05, 0.1) is 37.6 Å². The van der Waals surface area contributed by atoms with Crippen molar-refractivity contribution < 1.29 is 60.0 Å². The minimum atomic E-state index is -4.29. The van der Waals surface area contributed by atoms with Crippen molar-refractivity contribution >= 4 is 61.2 Å². The van der Waals surface area contributed by atoms with E-state index in [1.54, 1.807) is 53.7 Å². The zero-order chi connectivity index (χ0) is 66.9. The number of aromatic carboxylic acids is 1. The van der Waals surface area contributed by atoms with Gasteiger partial charge in [0.2, 0.25) is 23.5 Å². The van der Waals surface area contributed by atoms with Crippen molar-refractivity contribution in [3.63, 3.8) is 0 Å². The van der Waals surface area contributed by atoms with E-state index in [2.05, 4.69) is 71.7 Å². The molecule has 3 aliphatic carbocycles. The van der Waals surface area contributed by atoms with E-state index in [1.165, 1.54) is 90.7 Å². The summed E-state index contributed by atoms with van der Waals surface area (Å²) in [6, 6.07) is 18.2. The minimum Gasteiger partial charge on any atom is -0.478 e. The summed E-state index contributed by atoms with van der Waals surface area (Å²) in [5.41, 5.74) is 0.343. The summed E-state index contributed by atoms with van der Waals surface area (Å²) in [6.07, 6.45) is 18.3. The van der Waals surface area contributed by atoms with Gasteiger partial charge in [0.1, 0.15) is 15.9 Å². The SMILES string of the molecule is CC(C)(C)OC(=O)N1CC(CCCOc2cccc(S(N)(=O)=O)n2)CC1(C)C.CC1(C)CCC(CCCOc2cccc(S(=O)(=O)NC(=O)c3ccc(-n4ccc(OCCC5(C)CC5)n4)nc3Cl)n2)C1.CC1(CCOc2ccn(-c3ccc(C(=O)O)c(Cl)n3)n2)CC1. The van der Waals surface area contributed by atoms with E-state index in [-0.39, 0.29) is 54.9 Å². The number of amides is 2. The molecule has 92 heavy (non-hydrogen) atoms. The fourth-order valence-electron chi connectivity index (χ4n) is 10.8. The highest BCUT2D eigenvalue weighted by molar-refractivity contribution is 7.90. The van der Waals surface area contributed by atoms with Crippen LogP contribution in [-0.4, -0.2) is 128 Å². The number of nitrogens with zero attached hydrogens (tertiary/aromatic N) is 9. The normalized spacial score (nSPS) is 18.3. The van der Waals surface area contributed by atoms with Crippen molar-refractivity contribution in [1.82, 2.24) is 49.1 Å². The zero-order valence-electron chi connectivity index (χ0n) is 53.7. The fraction of sp³-hybridized carbons (Fsp3) is 0.547. The molecule has 7 heterocycles. The highest BCUT2D eigenvalue weighted by atomic mass is 35.5. The van der Waals surface area contributed by atoms with Gasteiger partial charge in [-0.1, -0.05) is 63.0 Å². The van der Waals surface area contributed by atoms with E-state index >= 15 is 0 Å². The number of ether oxygens (including phenoxy) is 5. The first-order valence-corrected chi connectivity index (χ1v) is 34.7. The predicted molar refractivity (Wildman–Crippen MR) is 345 cm³/mol. The van der Waals surface area contributed by atoms with Crippen LogP contribution in [0, 0.1) is 28.1 Å². The second-order valence-electron chi connectivity index (χ2n) is 27.2. The third kappa shape index (κ3) is 20.9. The van der Waals surface area contributed by atoms with E-state index in [0.717, 1.165) is 44.9 Å². The van der Waals surface area contributed by atoms with E-state index in [4.69, 9.17) is 57.1 Å². The van der Waals surface area contributed by atoms with Crippen LogP contribution in [0.5, 0.6) is 23.5 Å². The Labute approximate surface area is 548 Å². The highest BCUT2D eigenvalue weighted by Gasteiger charge is 2.43. The molecule has 4 aliphatic rings. The summed E-state index contributed by atoms with van der Waals surface area (Å²) < 4.78 is 81.7. The molecule has 10 rings (SSSR count). The van der Waals surface area contributed by atoms with E-state index in [1.807, 2.05) is 25.5 Å². The number of primary sulfonamides is 1. The Bertz CT molecular complexity index is 3790. The number of likely N-dealkylation sites (tertiary alicyclic amines) is 1. The molecule has 500 valence electrons. The number of rotatable bonds is 25. The number of hydrogen-bond donors (Lipinski definition) is 3. The van der Waals surface area contributed by atoms with E-state index in [0.29, 0.717) is 84.4 Å². The Morgan fingerprint density at radius 3 is 1.59 bits per heavy atom. The molecule has 4 N–H and O–H groups in total. The smallest absolute Gasteiger partial charge is 0.410 e. The maximum atomic E-state index is 12.9. The van der Waals surface area contributed by atoms with Crippen LogP contribution in [0.4, 0.5) is 4.79 Å². The second kappa shape index (κ2) is 29.4. The molecule has 4 fully saturated rings. The first kappa shape index (κ1) is 70.7. The van der Waals surface area contributed by atoms with Gasteiger partial charge in [-0.2, -0.15) is 13.4 Å². The molecule has 0 bridgehead atoms. The number of nitrogens with one attached hydrogen (secondary N) is 1. The Morgan fingerprint density at radius 2 is 1.12 bits per heavy atom. The van der Waals surface area contributed by atoms with Crippen LogP contribution >= 0.6 is 23.2 Å². The van der Waals surface area contributed by atoms with Crippen molar-refractivity contribution in [3.05, 3.63) is 107 Å². The van der Waals surface area contributed by atoms with Crippen molar-refractivity contribution in [1.29, 1.82) is 0 Å². The molecule has 0 radical (unpaired) electrons. The van der Waals surface area contributed by atoms with E-state index < -0.39 is 37.5 Å². The van der Waals surface area contributed by atoms with Crippen LogP contribution < -0.4 is 28.8 Å². The molecule has 3 saturated carbocycles. The molecule has 0 spiro atoms. The fourth-order valence-corrected chi connectivity index (χ4v) is 12.7. The Hall–Kier alpha value is -7.13. The predicted octanol–water partition coefficient (Wildman–Crippen LogP) is 12.1. The second-order valence-corrected chi connectivity index (χ2v) is 31.0. The quantitative estimate of drug-likeness (QED) is 0.0354. The molecule has 24 nitrogen and oxygen atoms in total. The third-order valence-corrected chi connectivity index (χ3v) is 19.3. The number of carbonyl (C=O) groups is 3. The average Bonchev–Trinajstić information content (AvgIpc) is 1.39. The molecule has 0 aromatic carbocycles. The number of carboxylic acids is 1. The molecular formula is C64H85Cl2N11O13S2. The summed E-state index contributed by atoms with van der Waals surface area (Å²) in [6.45, 7) is 21.5. The number of pyridine rings is 4. The summed E-state index contributed by atoms with van der Waals surface area (Å²) in [5, 5.41) is 21.8. The summed E-state index contributed by atoms with van der Waals surface area (Å²) >= 11 is 12.1. The van der Waals surface area contributed by atoms with Crippen molar-refractivity contribution in [2.75, 3.05) is 33.0 Å². The number of aromatic nitrogens is 8. The average molecular weight is 1350 g/mol. The van der Waals surface area contributed by atoms with Gasteiger partial charge in [0.25, 0.3) is 26.0 Å². The number of halogens is 2. The molecule has 28 heteroatoms. The van der Waals surface area contributed by atoms with Gasteiger partial charge >= 0.3 is 12.1 Å². The largest absolute Gasteiger partial charge is 0.478 e. The number of carbonyl (C=O) groups excluding carboxylic acids is 2. The van der Waals surface area contributed by atoms with Crippen LogP contribution in [0.25, 0.3) is 11.6 Å². The van der Waals surface area contributed by atoms with Crippen LogP contribution in [-0.2, 0) is 24.8 Å². The highest BCUT2D eigenvalue weighted by Crippen LogP contribution is 2.49. The lowest BCUT2D eigenvalue weighted by molar-refractivity contribution is 0.0130. The van der Waals surface area contributed by atoms with Crippen LogP contribution in [0.1, 0.15) is 173 Å². The van der Waals surface area contributed by atoms with Crippen molar-refractivity contribution in [3.8, 4) is 35.2 Å². The van der Waals surface area contributed by atoms with Crippen LogP contribution in [0.2, 0.25) is 10.3 Å². The summed E-state index contributed by atoms with van der Waals surface area (Å²) in [7, 11) is -8.14. The Kier molecular flexibility index (Phi) is 22.6. The molecule has 2 amide bonds. The van der Waals surface area contributed by atoms with Gasteiger partial charge < -0.3 is 33.7 Å². The first-order chi connectivity index (χ1) is 43.2. The maximum Gasteiger partial charge on any atom is 0.410 e.